The number of hydrogen-bond donors (Lipinski definition) is 2. The Kier molecular flexibility index (Phi) is 10.1. The zero-order chi connectivity index (χ0) is 26.2. The highest BCUT2D eigenvalue weighted by Gasteiger charge is 2.40. The normalized spacial score (nSPS) is 24.0. The molecule has 1 aliphatic carbocycles. The summed E-state index contributed by atoms with van der Waals surface area (Å²) in [6, 6.07) is 6.55. The van der Waals surface area contributed by atoms with Crippen molar-refractivity contribution in [1.82, 2.24) is 15.1 Å². The molecule has 1 saturated heterocycles. The van der Waals surface area contributed by atoms with E-state index >= 15 is 0 Å². The summed E-state index contributed by atoms with van der Waals surface area (Å²) in [7, 11) is 1.62. The summed E-state index contributed by atoms with van der Waals surface area (Å²) in [5.41, 5.74) is 5.83. The molecule has 0 spiro atoms. The molecule has 1 aliphatic heterocycles. The molecule has 10 heteroatoms. The summed E-state index contributed by atoms with van der Waals surface area (Å²) in [6.07, 6.45) is 5.35. The minimum atomic E-state index is -0.630. The number of thiophene rings is 2. The maximum absolute atomic E-state index is 13.6. The summed E-state index contributed by atoms with van der Waals surface area (Å²) < 4.78 is 5.29. The molecule has 0 radical (unpaired) electrons. The number of nitrogens with two attached hydrogens (primary N) is 1. The van der Waals surface area contributed by atoms with Crippen LogP contribution in [0.5, 0.6) is 0 Å². The van der Waals surface area contributed by atoms with Crippen LogP contribution < -0.4 is 11.1 Å². The molecular weight excluding hydrogens is 508 g/mol. The van der Waals surface area contributed by atoms with Gasteiger partial charge in [0.25, 0.3) is 11.8 Å². The van der Waals surface area contributed by atoms with Gasteiger partial charge in [-0.05, 0) is 79.8 Å². The van der Waals surface area contributed by atoms with Crippen LogP contribution in [0, 0.1) is 11.8 Å². The fraction of sp³-hybridized carbons (Fsp3) is 0.593. The molecule has 2 atom stereocenters. The lowest BCUT2D eigenvalue weighted by Crippen LogP contribution is -2.58. The average molecular weight is 547 g/mol. The second-order valence-corrected chi connectivity index (χ2v) is 11.9. The maximum Gasteiger partial charge on any atom is 0.264 e. The predicted octanol–water partition coefficient (Wildman–Crippen LogP) is 3.45. The Morgan fingerprint density at radius 1 is 1.05 bits per heavy atom. The molecule has 2 aromatic rings. The van der Waals surface area contributed by atoms with Crippen LogP contribution in [-0.2, 0) is 9.53 Å². The van der Waals surface area contributed by atoms with Gasteiger partial charge >= 0.3 is 0 Å². The van der Waals surface area contributed by atoms with Gasteiger partial charge in [-0.1, -0.05) is 12.1 Å². The monoisotopic (exact) mass is 546 g/mol. The molecule has 4 rings (SSSR count). The summed E-state index contributed by atoms with van der Waals surface area (Å²) >= 11 is 2.80. The molecule has 37 heavy (non-hydrogen) atoms. The van der Waals surface area contributed by atoms with Crippen molar-refractivity contribution in [3.63, 3.8) is 0 Å². The fourth-order valence-electron chi connectivity index (χ4n) is 5.48. The molecule has 2 aromatic heterocycles. The molecule has 1 unspecified atom stereocenters. The third kappa shape index (κ3) is 6.98. The van der Waals surface area contributed by atoms with Crippen LogP contribution in [0.25, 0.3) is 0 Å². The van der Waals surface area contributed by atoms with Crippen LogP contribution in [0.15, 0.2) is 35.0 Å². The summed E-state index contributed by atoms with van der Waals surface area (Å²) in [4.78, 5) is 45.1. The van der Waals surface area contributed by atoms with Gasteiger partial charge in [-0.15, -0.1) is 22.7 Å². The molecule has 1 saturated carbocycles. The van der Waals surface area contributed by atoms with Crippen molar-refractivity contribution in [1.29, 1.82) is 0 Å². The minimum Gasteiger partial charge on any atom is -0.383 e. The first-order valence-electron chi connectivity index (χ1n) is 13.2. The van der Waals surface area contributed by atoms with E-state index in [0.29, 0.717) is 60.7 Å². The van der Waals surface area contributed by atoms with Gasteiger partial charge in [0.05, 0.1) is 16.4 Å². The molecule has 3 heterocycles. The zero-order valence-corrected chi connectivity index (χ0v) is 23.1. The van der Waals surface area contributed by atoms with Gasteiger partial charge in [0.2, 0.25) is 5.91 Å². The Hall–Kier alpha value is -2.27. The van der Waals surface area contributed by atoms with E-state index < -0.39 is 6.04 Å². The van der Waals surface area contributed by atoms with Gasteiger partial charge < -0.3 is 25.6 Å². The van der Waals surface area contributed by atoms with Crippen LogP contribution in [-0.4, -0.2) is 79.5 Å². The molecule has 2 fully saturated rings. The number of likely N-dealkylation sites (tertiary alicyclic amines) is 1. The van der Waals surface area contributed by atoms with E-state index in [0.717, 1.165) is 32.2 Å². The summed E-state index contributed by atoms with van der Waals surface area (Å²) in [5.74, 6) is 0.719. The van der Waals surface area contributed by atoms with Crippen molar-refractivity contribution in [3.05, 3.63) is 44.8 Å². The molecule has 0 bridgehead atoms. The second-order valence-electron chi connectivity index (χ2n) is 10.0. The Balaban J connectivity index is 1.48. The van der Waals surface area contributed by atoms with E-state index in [4.69, 9.17) is 10.5 Å². The first-order chi connectivity index (χ1) is 18.0. The fourth-order valence-corrected chi connectivity index (χ4v) is 6.84. The number of carbonyl (C=O) groups is 3. The number of nitrogens with zero attached hydrogens (tertiary/aromatic N) is 2. The van der Waals surface area contributed by atoms with E-state index in [-0.39, 0.29) is 23.8 Å². The van der Waals surface area contributed by atoms with Crippen LogP contribution in [0.3, 0.4) is 0 Å². The first-order valence-corrected chi connectivity index (χ1v) is 14.9. The van der Waals surface area contributed by atoms with E-state index in [1.165, 1.54) is 22.7 Å². The molecule has 2 aliphatic rings. The minimum absolute atomic E-state index is 0.0501. The quantitative estimate of drug-likeness (QED) is 0.475. The number of ether oxygens (including phenoxy) is 1. The molecule has 202 valence electrons. The van der Waals surface area contributed by atoms with Crippen molar-refractivity contribution in [2.24, 2.45) is 17.6 Å². The van der Waals surface area contributed by atoms with Gasteiger partial charge in [-0.2, -0.15) is 0 Å². The highest BCUT2D eigenvalue weighted by Crippen LogP contribution is 2.29. The Bertz CT molecular complexity index is 1010. The third-order valence-electron chi connectivity index (χ3n) is 7.70. The predicted molar refractivity (Wildman–Crippen MR) is 147 cm³/mol. The van der Waals surface area contributed by atoms with Crippen LogP contribution >= 0.6 is 22.7 Å². The van der Waals surface area contributed by atoms with E-state index in [1.807, 2.05) is 33.9 Å². The molecular formula is C27H38N4O4S2. The largest absolute Gasteiger partial charge is 0.383 e. The van der Waals surface area contributed by atoms with Crippen molar-refractivity contribution >= 4 is 40.4 Å². The van der Waals surface area contributed by atoms with Crippen molar-refractivity contribution in [3.8, 4) is 0 Å². The number of hydrogen-bond acceptors (Lipinski definition) is 7. The lowest BCUT2D eigenvalue weighted by atomic mass is 9.82. The lowest BCUT2D eigenvalue weighted by Gasteiger charge is -2.42. The number of rotatable bonds is 10. The maximum atomic E-state index is 13.6. The SMILES string of the molecule is COCCN(C(=O)c1cccs1)C1CCN(C(=O)c2cccs2)[C@@H](C(=O)NCC2CCC(CN)CC2)C1. The summed E-state index contributed by atoms with van der Waals surface area (Å²) in [5, 5.41) is 6.92. The van der Waals surface area contributed by atoms with Crippen molar-refractivity contribution in [2.75, 3.05) is 39.9 Å². The standard InChI is InChI=1S/C27H38N4O4S2/c1-35-13-12-30(26(33)23-4-2-14-36-23)21-10-11-31(27(34)24-5-3-15-37-24)22(16-21)25(32)29-18-20-8-6-19(17-28)7-9-20/h2-5,14-15,19-22H,6-13,16-18,28H2,1H3,(H,29,32)/t19?,20?,21?,22-/m1/s1. The van der Waals surface area contributed by atoms with Crippen molar-refractivity contribution < 1.29 is 19.1 Å². The van der Waals surface area contributed by atoms with Gasteiger partial charge in [0.1, 0.15) is 6.04 Å². The van der Waals surface area contributed by atoms with E-state index in [1.54, 1.807) is 18.1 Å². The Morgan fingerprint density at radius 2 is 1.73 bits per heavy atom. The number of nitrogens with one attached hydrogen (secondary N) is 1. The molecule has 3 amide bonds. The molecule has 3 N–H and O–H groups in total. The number of amides is 3. The van der Waals surface area contributed by atoms with Gasteiger partial charge in [0, 0.05) is 32.8 Å². The van der Waals surface area contributed by atoms with Crippen LogP contribution in [0.1, 0.15) is 57.9 Å². The van der Waals surface area contributed by atoms with E-state index in [9.17, 15) is 14.4 Å². The van der Waals surface area contributed by atoms with Crippen molar-refractivity contribution in [2.45, 2.75) is 50.6 Å². The van der Waals surface area contributed by atoms with E-state index in [2.05, 4.69) is 5.32 Å². The highest BCUT2D eigenvalue weighted by molar-refractivity contribution is 7.12. The summed E-state index contributed by atoms with van der Waals surface area (Å²) in [6.45, 7) is 2.61. The number of carbonyl (C=O) groups excluding carboxylic acids is 3. The Morgan fingerprint density at radius 3 is 2.35 bits per heavy atom. The number of methoxy groups -OCH3 is 1. The smallest absolute Gasteiger partial charge is 0.264 e. The second kappa shape index (κ2) is 13.5. The zero-order valence-electron chi connectivity index (χ0n) is 21.5. The first kappa shape index (κ1) is 27.8. The Labute approximate surface area is 227 Å². The van der Waals surface area contributed by atoms with Gasteiger partial charge in [-0.3, -0.25) is 14.4 Å². The lowest BCUT2D eigenvalue weighted by molar-refractivity contribution is -0.127. The van der Waals surface area contributed by atoms with Crippen LogP contribution in [0.4, 0.5) is 0 Å². The third-order valence-corrected chi connectivity index (χ3v) is 9.42. The van der Waals surface area contributed by atoms with Crippen LogP contribution in [0.2, 0.25) is 0 Å². The molecule has 0 aromatic carbocycles. The van der Waals surface area contributed by atoms with Gasteiger partial charge in [-0.25, -0.2) is 0 Å². The average Bonchev–Trinajstić information content (AvgIpc) is 3.67. The topological polar surface area (TPSA) is 105 Å². The molecule has 8 nitrogen and oxygen atoms in total. The highest BCUT2D eigenvalue weighted by atomic mass is 32.1. The van der Waals surface area contributed by atoms with Gasteiger partial charge in [0.15, 0.2) is 0 Å². The number of piperidine rings is 1.